The van der Waals surface area contributed by atoms with Crippen LogP contribution in [0, 0.1) is 12.7 Å². The second kappa shape index (κ2) is 6.26. The molecule has 0 aliphatic rings. The van der Waals surface area contributed by atoms with E-state index in [4.69, 9.17) is 0 Å². The molecule has 0 fully saturated rings. The number of hydrogen-bond donors (Lipinski definition) is 1. The number of rotatable bonds is 4. The molecule has 0 bridgehead atoms. The Morgan fingerprint density at radius 2 is 2.11 bits per heavy atom. The lowest BCUT2D eigenvalue weighted by Gasteiger charge is -2.18. The van der Waals surface area contributed by atoms with Crippen LogP contribution in [0.25, 0.3) is 0 Å². The molecule has 2 rings (SSSR count). The summed E-state index contributed by atoms with van der Waals surface area (Å²) in [6.07, 6.45) is 1.76. The van der Waals surface area contributed by atoms with Crippen LogP contribution in [-0.4, -0.2) is 11.5 Å². The highest BCUT2D eigenvalue weighted by atomic mass is 79.9. The monoisotopic (exact) mass is 322 g/mol. The minimum Gasteiger partial charge on any atom is -0.305 e. The summed E-state index contributed by atoms with van der Waals surface area (Å²) >= 11 is 3.37. The first-order valence-corrected chi connectivity index (χ1v) is 7.01. The lowest BCUT2D eigenvalue weighted by Crippen LogP contribution is -2.23. The Morgan fingerprint density at radius 3 is 2.68 bits per heavy atom. The molecule has 2 nitrogen and oxygen atoms in total. The average Bonchev–Trinajstić information content (AvgIpc) is 2.36. The molecule has 4 heteroatoms. The van der Waals surface area contributed by atoms with Crippen LogP contribution in [-0.2, 0) is 0 Å². The van der Waals surface area contributed by atoms with E-state index in [0.717, 1.165) is 27.8 Å². The maximum Gasteiger partial charge on any atom is 0.123 e. The molecule has 0 radical (unpaired) electrons. The van der Waals surface area contributed by atoms with E-state index in [9.17, 15) is 4.39 Å². The normalized spacial score (nSPS) is 12.4. The van der Waals surface area contributed by atoms with Crippen molar-refractivity contribution in [2.75, 3.05) is 6.54 Å². The highest BCUT2D eigenvalue weighted by Gasteiger charge is 2.15. The molecule has 100 valence electrons. The van der Waals surface area contributed by atoms with E-state index in [1.165, 1.54) is 6.07 Å². The predicted molar refractivity (Wildman–Crippen MR) is 78.6 cm³/mol. The van der Waals surface area contributed by atoms with Gasteiger partial charge in [0.1, 0.15) is 5.82 Å². The van der Waals surface area contributed by atoms with Gasteiger partial charge in [0.2, 0.25) is 0 Å². The van der Waals surface area contributed by atoms with Crippen molar-refractivity contribution in [3.63, 3.8) is 0 Å². The molecular weight excluding hydrogens is 307 g/mol. The van der Waals surface area contributed by atoms with Gasteiger partial charge < -0.3 is 5.32 Å². The van der Waals surface area contributed by atoms with E-state index < -0.39 is 0 Å². The van der Waals surface area contributed by atoms with E-state index in [1.807, 2.05) is 32.0 Å². The van der Waals surface area contributed by atoms with Crippen molar-refractivity contribution in [1.29, 1.82) is 0 Å². The van der Waals surface area contributed by atoms with Gasteiger partial charge in [0.05, 0.1) is 11.7 Å². The SMILES string of the molecule is CCNC(c1cc(C)cc(F)c1)c1ccc(Br)cn1. The molecule has 0 aliphatic heterocycles. The zero-order chi connectivity index (χ0) is 13.8. The first kappa shape index (κ1) is 14.2. The van der Waals surface area contributed by atoms with Crippen LogP contribution < -0.4 is 5.32 Å². The second-order valence-electron chi connectivity index (χ2n) is 4.45. The van der Waals surface area contributed by atoms with Crippen molar-refractivity contribution < 1.29 is 4.39 Å². The second-order valence-corrected chi connectivity index (χ2v) is 5.37. The molecule has 1 atom stereocenters. The van der Waals surface area contributed by atoms with Crippen molar-refractivity contribution in [2.24, 2.45) is 0 Å². The minimum atomic E-state index is -0.213. The molecule has 19 heavy (non-hydrogen) atoms. The Kier molecular flexibility index (Phi) is 4.66. The zero-order valence-electron chi connectivity index (χ0n) is 11.0. The van der Waals surface area contributed by atoms with Gasteiger partial charge in [-0.3, -0.25) is 4.98 Å². The van der Waals surface area contributed by atoms with Gasteiger partial charge in [0, 0.05) is 10.7 Å². The summed E-state index contributed by atoms with van der Waals surface area (Å²) in [6.45, 7) is 4.71. The van der Waals surface area contributed by atoms with Crippen molar-refractivity contribution in [2.45, 2.75) is 19.9 Å². The smallest absolute Gasteiger partial charge is 0.123 e. The minimum absolute atomic E-state index is 0.0903. The van der Waals surface area contributed by atoms with Gasteiger partial charge in [-0.2, -0.15) is 0 Å². The van der Waals surface area contributed by atoms with Gasteiger partial charge >= 0.3 is 0 Å². The number of aryl methyl sites for hydroxylation is 1. The summed E-state index contributed by atoms with van der Waals surface area (Å²) in [5.74, 6) is -0.213. The molecule has 0 saturated carbocycles. The molecule has 1 aromatic heterocycles. The van der Waals surface area contributed by atoms with Crippen LogP contribution >= 0.6 is 15.9 Å². The van der Waals surface area contributed by atoms with Gasteiger partial charge in [-0.25, -0.2) is 4.39 Å². The number of nitrogens with zero attached hydrogens (tertiary/aromatic N) is 1. The van der Waals surface area contributed by atoms with Crippen molar-refractivity contribution >= 4 is 15.9 Å². The van der Waals surface area contributed by atoms with Crippen LogP contribution in [0.1, 0.15) is 29.8 Å². The topological polar surface area (TPSA) is 24.9 Å². The van der Waals surface area contributed by atoms with Crippen LogP contribution in [0.3, 0.4) is 0 Å². The first-order valence-electron chi connectivity index (χ1n) is 6.22. The molecule has 0 saturated heterocycles. The number of halogens is 2. The number of aromatic nitrogens is 1. The Hall–Kier alpha value is -1.26. The Labute approximate surface area is 121 Å². The molecule has 1 heterocycles. The highest BCUT2D eigenvalue weighted by Crippen LogP contribution is 2.23. The molecule has 0 amide bonds. The van der Waals surface area contributed by atoms with Crippen LogP contribution in [0.4, 0.5) is 4.39 Å². The zero-order valence-corrected chi connectivity index (χ0v) is 12.5. The highest BCUT2D eigenvalue weighted by molar-refractivity contribution is 9.10. The van der Waals surface area contributed by atoms with Gasteiger partial charge in [-0.05, 0) is 64.8 Å². The van der Waals surface area contributed by atoms with Gasteiger partial charge in [-0.1, -0.05) is 13.0 Å². The lowest BCUT2D eigenvalue weighted by molar-refractivity contribution is 0.594. The quantitative estimate of drug-likeness (QED) is 0.920. The Morgan fingerprint density at radius 1 is 1.32 bits per heavy atom. The summed E-state index contributed by atoms with van der Waals surface area (Å²) in [6, 6.07) is 8.87. The first-order chi connectivity index (χ1) is 9.10. The molecule has 1 unspecified atom stereocenters. The predicted octanol–water partition coefficient (Wildman–Crippen LogP) is 3.99. The number of pyridine rings is 1. The largest absolute Gasteiger partial charge is 0.305 e. The summed E-state index contributed by atoms with van der Waals surface area (Å²) in [7, 11) is 0. The van der Waals surface area contributed by atoms with Crippen molar-refractivity contribution in [3.8, 4) is 0 Å². The molecule has 2 aromatic rings. The lowest BCUT2D eigenvalue weighted by atomic mass is 10.0. The summed E-state index contributed by atoms with van der Waals surface area (Å²) in [5, 5.41) is 3.34. The van der Waals surface area contributed by atoms with Crippen molar-refractivity contribution in [1.82, 2.24) is 10.3 Å². The molecule has 0 spiro atoms. The molecular formula is C15H16BrFN2. The van der Waals surface area contributed by atoms with Crippen molar-refractivity contribution in [3.05, 3.63) is 63.6 Å². The van der Waals surface area contributed by atoms with E-state index in [1.54, 1.807) is 12.3 Å². The third-order valence-electron chi connectivity index (χ3n) is 2.85. The summed E-state index contributed by atoms with van der Waals surface area (Å²) in [5.41, 5.74) is 2.69. The van der Waals surface area contributed by atoms with E-state index in [2.05, 4.69) is 26.2 Å². The van der Waals surface area contributed by atoms with Crippen LogP contribution in [0.15, 0.2) is 41.0 Å². The molecule has 1 N–H and O–H groups in total. The number of hydrogen-bond acceptors (Lipinski definition) is 2. The molecule has 1 aromatic carbocycles. The third-order valence-corrected chi connectivity index (χ3v) is 3.32. The average molecular weight is 323 g/mol. The fourth-order valence-electron chi connectivity index (χ4n) is 2.09. The summed E-state index contributed by atoms with van der Waals surface area (Å²) in [4.78, 5) is 4.40. The van der Waals surface area contributed by atoms with E-state index >= 15 is 0 Å². The van der Waals surface area contributed by atoms with Gasteiger partial charge in [0.25, 0.3) is 0 Å². The number of nitrogens with one attached hydrogen (secondary N) is 1. The van der Waals surface area contributed by atoms with Gasteiger partial charge in [-0.15, -0.1) is 0 Å². The molecule has 0 aliphatic carbocycles. The third kappa shape index (κ3) is 3.61. The number of benzene rings is 1. The van der Waals surface area contributed by atoms with Crippen LogP contribution in [0.5, 0.6) is 0 Å². The maximum absolute atomic E-state index is 13.6. The fraction of sp³-hybridized carbons (Fsp3) is 0.267. The fourth-order valence-corrected chi connectivity index (χ4v) is 2.32. The van der Waals surface area contributed by atoms with Crippen LogP contribution in [0.2, 0.25) is 0 Å². The Bertz CT molecular complexity index is 534. The summed E-state index contributed by atoms with van der Waals surface area (Å²) < 4.78 is 14.5. The van der Waals surface area contributed by atoms with E-state index in [-0.39, 0.29) is 11.9 Å². The van der Waals surface area contributed by atoms with Gasteiger partial charge in [0.15, 0.2) is 0 Å². The Balaban J connectivity index is 2.41. The maximum atomic E-state index is 13.6. The van der Waals surface area contributed by atoms with E-state index in [0.29, 0.717) is 0 Å². The standard InChI is InChI=1S/C15H16BrFN2/c1-3-18-15(14-5-4-12(16)9-19-14)11-6-10(2)7-13(17)8-11/h4-9,15,18H,3H2,1-2H3.